The van der Waals surface area contributed by atoms with Crippen molar-refractivity contribution < 1.29 is 14.3 Å². The van der Waals surface area contributed by atoms with Crippen molar-refractivity contribution in [1.82, 2.24) is 0 Å². The zero-order chi connectivity index (χ0) is 13.0. The van der Waals surface area contributed by atoms with Crippen LogP contribution in [0.5, 0.6) is 0 Å². The van der Waals surface area contributed by atoms with Gasteiger partial charge in [0, 0.05) is 23.4 Å². The van der Waals surface area contributed by atoms with E-state index in [1.807, 2.05) is 24.3 Å². The quantitative estimate of drug-likeness (QED) is 0.812. The van der Waals surface area contributed by atoms with E-state index in [1.165, 1.54) is 0 Å². The molecule has 0 radical (unpaired) electrons. The summed E-state index contributed by atoms with van der Waals surface area (Å²) in [6.45, 7) is 2.12. The summed E-state index contributed by atoms with van der Waals surface area (Å²) in [5.74, 6) is -0.0720. The highest BCUT2D eigenvalue weighted by Crippen LogP contribution is 2.28. The van der Waals surface area contributed by atoms with Crippen LogP contribution in [0.15, 0.2) is 34.8 Å². The molecule has 18 heavy (non-hydrogen) atoms. The Kier molecular flexibility index (Phi) is 3.82. The van der Waals surface area contributed by atoms with Gasteiger partial charge >= 0.3 is 5.97 Å². The van der Waals surface area contributed by atoms with Crippen molar-refractivity contribution in [1.29, 1.82) is 0 Å². The van der Waals surface area contributed by atoms with E-state index >= 15 is 0 Å². The van der Waals surface area contributed by atoms with Crippen LogP contribution in [0.25, 0.3) is 17.0 Å². The van der Waals surface area contributed by atoms with Gasteiger partial charge in [-0.2, -0.15) is 0 Å². The number of carbonyl (C=O) groups is 1. The van der Waals surface area contributed by atoms with Gasteiger partial charge in [-0.1, -0.05) is 31.5 Å². The maximum atomic E-state index is 10.6. The van der Waals surface area contributed by atoms with E-state index in [0.717, 1.165) is 47.6 Å². The summed E-state index contributed by atoms with van der Waals surface area (Å²) in [5.41, 5.74) is 1.70. The predicted molar refractivity (Wildman–Crippen MR) is 71.5 cm³/mol. The molecule has 0 fully saturated rings. The number of hydrogen-bond acceptors (Lipinski definition) is 2. The van der Waals surface area contributed by atoms with Crippen molar-refractivity contribution in [2.45, 2.75) is 26.2 Å². The molecule has 1 heterocycles. The number of carboxylic acid groups (broad SMARTS) is 1. The summed E-state index contributed by atoms with van der Waals surface area (Å²) < 4.78 is 5.79. The molecule has 1 N–H and O–H groups in total. The molecule has 0 aliphatic rings. The topological polar surface area (TPSA) is 50.4 Å². The molecule has 0 unspecified atom stereocenters. The van der Waals surface area contributed by atoms with Crippen LogP contribution in [0.1, 0.15) is 31.1 Å². The Labute approximate surface area is 106 Å². The Morgan fingerprint density at radius 2 is 2.17 bits per heavy atom. The molecular formula is C15H16O3. The van der Waals surface area contributed by atoms with E-state index in [4.69, 9.17) is 9.52 Å². The third-order valence-electron chi connectivity index (χ3n) is 2.86. The summed E-state index contributed by atoms with van der Waals surface area (Å²) in [6.07, 6.45) is 5.74. The number of para-hydroxylation sites is 1. The van der Waals surface area contributed by atoms with Gasteiger partial charge in [0.15, 0.2) is 0 Å². The molecule has 0 amide bonds. The number of aryl methyl sites for hydroxylation is 1. The maximum Gasteiger partial charge on any atom is 0.328 e. The van der Waals surface area contributed by atoms with Gasteiger partial charge in [0.05, 0.1) is 0 Å². The fourth-order valence-corrected chi connectivity index (χ4v) is 1.98. The first-order valence-electron chi connectivity index (χ1n) is 6.13. The molecule has 1 aromatic heterocycles. The molecule has 2 rings (SSSR count). The van der Waals surface area contributed by atoms with Crippen LogP contribution < -0.4 is 0 Å². The SMILES string of the molecule is CCCCc1oc2ccccc2c1C=CC(=O)O. The Morgan fingerprint density at radius 1 is 1.39 bits per heavy atom. The number of hydrogen-bond donors (Lipinski definition) is 1. The average Bonchev–Trinajstić information content (AvgIpc) is 2.71. The molecule has 0 bridgehead atoms. The van der Waals surface area contributed by atoms with Crippen LogP contribution in [0.3, 0.4) is 0 Å². The van der Waals surface area contributed by atoms with Gasteiger partial charge in [-0.05, 0) is 18.6 Å². The number of carboxylic acids is 1. The zero-order valence-electron chi connectivity index (χ0n) is 10.3. The van der Waals surface area contributed by atoms with Crippen molar-refractivity contribution >= 4 is 23.0 Å². The molecule has 1 aromatic carbocycles. The number of unbranched alkanes of at least 4 members (excludes halogenated alkanes) is 1. The Morgan fingerprint density at radius 3 is 2.89 bits per heavy atom. The maximum absolute atomic E-state index is 10.6. The van der Waals surface area contributed by atoms with Crippen LogP contribution in [0.4, 0.5) is 0 Å². The molecule has 0 saturated heterocycles. The van der Waals surface area contributed by atoms with Crippen molar-refractivity contribution in [3.8, 4) is 0 Å². The van der Waals surface area contributed by atoms with E-state index in [9.17, 15) is 4.79 Å². The molecule has 3 heteroatoms. The van der Waals surface area contributed by atoms with Crippen LogP contribution in [-0.4, -0.2) is 11.1 Å². The smallest absolute Gasteiger partial charge is 0.328 e. The summed E-state index contributed by atoms with van der Waals surface area (Å²) in [5, 5.41) is 9.71. The molecule has 94 valence electrons. The predicted octanol–water partition coefficient (Wildman–Crippen LogP) is 3.87. The fraction of sp³-hybridized carbons (Fsp3) is 0.267. The minimum Gasteiger partial charge on any atom is -0.478 e. The van der Waals surface area contributed by atoms with Crippen LogP contribution >= 0.6 is 0 Å². The highest BCUT2D eigenvalue weighted by molar-refractivity contribution is 5.93. The van der Waals surface area contributed by atoms with Gasteiger partial charge in [-0.25, -0.2) is 4.79 Å². The molecule has 0 aliphatic heterocycles. The summed E-state index contributed by atoms with van der Waals surface area (Å²) in [7, 11) is 0. The third kappa shape index (κ3) is 2.62. The van der Waals surface area contributed by atoms with Gasteiger partial charge < -0.3 is 9.52 Å². The first-order chi connectivity index (χ1) is 8.72. The van der Waals surface area contributed by atoms with E-state index in [-0.39, 0.29) is 0 Å². The van der Waals surface area contributed by atoms with E-state index in [1.54, 1.807) is 6.08 Å². The van der Waals surface area contributed by atoms with Crippen molar-refractivity contribution in [2.24, 2.45) is 0 Å². The standard InChI is InChI=1S/C15H16O3/c1-2-3-7-13-12(9-10-15(16)17)11-6-4-5-8-14(11)18-13/h4-6,8-10H,2-3,7H2,1H3,(H,16,17). The molecule has 0 saturated carbocycles. The second-order valence-electron chi connectivity index (χ2n) is 4.21. The lowest BCUT2D eigenvalue weighted by Crippen LogP contribution is -1.88. The van der Waals surface area contributed by atoms with Crippen LogP contribution in [-0.2, 0) is 11.2 Å². The minimum atomic E-state index is -0.943. The van der Waals surface area contributed by atoms with Gasteiger partial charge in [0.25, 0.3) is 0 Å². The summed E-state index contributed by atoms with van der Waals surface area (Å²) in [6, 6.07) is 7.71. The Balaban J connectivity index is 2.47. The second-order valence-corrected chi connectivity index (χ2v) is 4.21. The van der Waals surface area contributed by atoms with E-state index in [0.29, 0.717) is 0 Å². The highest BCUT2D eigenvalue weighted by Gasteiger charge is 2.11. The van der Waals surface area contributed by atoms with Crippen LogP contribution in [0.2, 0.25) is 0 Å². The lowest BCUT2D eigenvalue weighted by molar-refractivity contribution is -0.131. The van der Waals surface area contributed by atoms with Crippen LogP contribution in [0, 0.1) is 0 Å². The van der Waals surface area contributed by atoms with Gasteiger partial charge in [-0.3, -0.25) is 0 Å². The first-order valence-corrected chi connectivity index (χ1v) is 6.13. The number of furan rings is 1. The molecule has 0 spiro atoms. The molecule has 0 atom stereocenters. The number of aliphatic carboxylic acids is 1. The Bertz CT molecular complexity index is 578. The first kappa shape index (κ1) is 12.4. The molecular weight excluding hydrogens is 228 g/mol. The van der Waals surface area contributed by atoms with Gasteiger partial charge in [-0.15, -0.1) is 0 Å². The van der Waals surface area contributed by atoms with Crippen molar-refractivity contribution in [3.05, 3.63) is 41.7 Å². The Hall–Kier alpha value is -2.03. The van der Waals surface area contributed by atoms with E-state index in [2.05, 4.69) is 6.92 Å². The number of fused-ring (bicyclic) bond motifs is 1. The lowest BCUT2D eigenvalue weighted by atomic mass is 10.1. The molecule has 3 nitrogen and oxygen atoms in total. The highest BCUT2D eigenvalue weighted by atomic mass is 16.4. The van der Waals surface area contributed by atoms with Gasteiger partial charge in [0.1, 0.15) is 11.3 Å². The normalized spacial score (nSPS) is 11.4. The summed E-state index contributed by atoms with van der Waals surface area (Å²) >= 11 is 0. The zero-order valence-corrected chi connectivity index (χ0v) is 10.3. The summed E-state index contributed by atoms with van der Waals surface area (Å²) in [4.78, 5) is 10.6. The fourth-order valence-electron chi connectivity index (χ4n) is 1.98. The molecule has 2 aromatic rings. The molecule has 0 aliphatic carbocycles. The third-order valence-corrected chi connectivity index (χ3v) is 2.86. The largest absolute Gasteiger partial charge is 0.478 e. The lowest BCUT2D eigenvalue weighted by Gasteiger charge is -1.96. The minimum absolute atomic E-state index is 0.814. The second kappa shape index (κ2) is 5.54. The number of benzene rings is 1. The van der Waals surface area contributed by atoms with E-state index < -0.39 is 5.97 Å². The average molecular weight is 244 g/mol. The monoisotopic (exact) mass is 244 g/mol. The van der Waals surface area contributed by atoms with Crippen molar-refractivity contribution in [3.63, 3.8) is 0 Å². The number of rotatable bonds is 5. The van der Waals surface area contributed by atoms with Crippen molar-refractivity contribution in [2.75, 3.05) is 0 Å². The van der Waals surface area contributed by atoms with Gasteiger partial charge in [0.2, 0.25) is 0 Å².